The number of carbonyl (C=O) groups is 1. The largest absolute Gasteiger partial charge is 0.388 e. The van der Waals surface area contributed by atoms with E-state index in [2.05, 4.69) is 10.4 Å². The van der Waals surface area contributed by atoms with E-state index in [4.69, 9.17) is 0 Å². The lowest BCUT2D eigenvalue weighted by molar-refractivity contribution is -0.123. The molecule has 0 aromatic carbocycles. The summed E-state index contributed by atoms with van der Waals surface area (Å²) in [6, 6.07) is 0. The third kappa shape index (κ3) is 3.15. The van der Waals surface area contributed by atoms with Crippen LogP contribution in [0, 0.1) is 13.8 Å². The van der Waals surface area contributed by atoms with E-state index in [1.54, 1.807) is 0 Å². The zero-order valence-electron chi connectivity index (χ0n) is 12.0. The van der Waals surface area contributed by atoms with Gasteiger partial charge in [0.2, 0.25) is 5.91 Å². The van der Waals surface area contributed by atoms with Gasteiger partial charge >= 0.3 is 0 Å². The molecule has 0 aliphatic heterocycles. The van der Waals surface area contributed by atoms with Crippen molar-refractivity contribution in [3.63, 3.8) is 0 Å². The second-order valence-corrected chi connectivity index (χ2v) is 5.63. The van der Waals surface area contributed by atoms with Crippen LogP contribution < -0.4 is 5.32 Å². The van der Waals surface area contributed by atoms with Crippen molar-refractivity contribution >= 4 is 5.91 Å². The highest BCUT2D eigenvalue weighted by Gasteiger charge is 2.34. The van der Waals surface area contributed by atoms with Crippen LogP contribution in [-0.4, -0.2) is 32.9 Å². The minimum Gasteiger partial charge on any atom is -0.388 e. The molecule has 5 nitrogen and oxygen atoms in total. The summed E-state index contributed by atoms with van der Waals surface area (Å²) in [5, 5.41) is 17.1. The van der Waals surface area contributed by atoms with Gasteiger partial charge in [0, 0.05) is 25.7 Å². The Kier molecular flexibility index (Phi) is 3.94. The van der Waals surface area contributed by atoms with E-state index in [0.717, 1.165) is 36.2 Å². The predicted octanol–water partition coefficient (Wildman–Crippen LogP) is 1.00. The second-order valence-electron chi connectivity index (χ2n) is 5.63. The highest BCUT2D eigenvalue weighted by molar-refractivity contribution is 5.76. The topological polar surface area (TPSA) is 67.2 Å². The van der Waals surface area contributed by atoms with Crippen molar-refractivity contribution in [1.82, 2.24) is 15.1 Å². The van der Waals surface area contributed by atoms with E-state index in [9.17, 15) is 9.90 Å². The molecule has 0 saturated heterocycles. The third-order valence-electron chi connectivity index (χ3n) is 4.16. The highest BCUT2D eigenvalue weighted by atomic mass is 16.3. The summed E-state index contributed by atoms with van der Waals surface area (Å²) in [4.78, 5) is 11.8. The van der Waals surface area contributed by atoms with Crippen LogP contribution in [-0.2, 0) is 18.3 Å². The second kappa shape index (κ2) is 5.33. The third-order valence-corrected chi connectivity index (χ3v) is 4.16. The van der Waals surface area contributed by atoms with Gasteiger partial charge in [-0.2, -0.15) is 5.10 Å². The number of nitrogens with zero attached hydrogens (tertiary/aromatic N) is 2. The van der Waals surface area contributed by atoms with Crippen LogP contribution >= 0.6 is 0 Å². The zero-order valence-corrected chi connectivity index (χ0v) is 12.0. The average molecular weight is 265 g/mol. The van der Waals surface area contributed by atoms with E-state index < -0.39 is 5.60 Å². The van der Waals surface area contributed by atoms with E-state index in [-0.39, 0.29) is 5.91 Å². The first kappa shape index (κ1) is 14.1. The number of aromatic nitrogens is 2. The summed E-state index contributed by atoms with van der Waals surface area (Å²) in [7, 11) is 1.91. The van der Waals surface area contributed by atoms with Gasteiger partial charge in [0.1, 0.15) is 0 Å². The molecule has 1 amide bonds. The first-order valence-electron chi connectivity index (χ1n) is 6.89. The Labute approximate surface area is 114 Å². The van der Waals surface area contributed by atoms with Crippen molar-refractivity contribution < 1.29 is 9.90 Å². The van der Waals surface area contributed by atoms with Gasteiger partial charge in [-0.15, -0.1) is 0 Å². The molecule has 106 valence electrons. The number of nitrogens with one attached hydrogen (secondary N) is 1. The van der Waals surface area contributed by atoms with Crippen LogP contribution in [0.2, 0.25) is 0 Å². The molecule has 2 N–H and O–H groups in total. The maximum absolute atomic E-state index is 11.8. The summed E-state index contributed by atoms with van der Waals surface area (Å²) in [5.41, 5.74) is 2.61. The summed E-state index contributed by atoms with van der Waals surface area (Å²) in [6.45, 7) is 4.37. The average Bonchev–Trinajstić information content (AvgIpc) is 2.56. The van der Waals surface area contributed by atoms with Gasteiger partial charge in [0.25, 0.3) is 0 Å². The fraction of sp³-hybridized carbons (Fsp3) is 0.714. The predicted molar refractivity (Wildman–Crippen MR) is 72.8 cm³/mol. The van der Waals surface area contributed by atoms with Gasteiger partial charge in [-0.3, -0.25) is 9.48 Å². The number of carbonyl (C=O) groups excluding carboxylic acids is 1. The van der Waals surface area contributed by atoms with Gasteiger partial charge in [-0.05, 0) is 45.1 Å². The van der Waals surface area contributed by atoms with Crippen LogP contribution in [0.25, 0.3) is 0 Å². The maximum atomic E-state index is 11.8. The van der Waals surface area contributed by atoms with Crippen LogP contribution in [0.4, 0.5) is 0 Å². The molecule has 0 radical (unpaired) electrons. The zero-order chi connectivity index (χ0) is 14.0. The van der Waals surface area contributed by atoms with Crippen molar-refractivity contribution in [3.05, 3.63) is 17.0 Å². The van der Waals surface area contributed by atoms with Crippen molar-refractivity contribution in [2.45, 2.75) is 51.6 Å². The molecule has 0 atom stereocenters. The van der Waals surface area contributed by atoms with E-state index in [0.29, 0.717) is 19.4 Å². The normalized spacial score (nSPS) is 17.1. The Morgan fingerprint density at radius 3 is 2.63 bits per heavy atom. The number of aliphatic hydroxyl groups is 1. The van der Waals surface area contributed by atoms with E-state index in [1.807, 2.05) is 25.6 Å². The molecule has 1 aromatic heterocycles. The number of hydrogen-bond acceptors (Lipinski definition) is 3. The Bertz CT molecular complexity index is 475. The Hall–Kier alpha value is -1.36. The van der Waals surface area contributed by atoms with Gasteiger partial charge < -0.3 is 10.4 Å². The molecule has 1 heterocycles. The summed E-state index contributed by atoms with van der Waals surface area (Å²) < 4.78 is 1.85. The molecular weight excluding hydrogens is 242 g/mol. The van der Waals surface area contributed by atoms with Crippen molar-refractivity contribution in [1.29, 1.82) is 0 Å². The standard InChI is InChI=1S/C14H23N3O2/c1-10-12(11(2)17(3)16-10)5-6-13(18)15-9-14(19)7-4-8-14/h19H,4-9H2,1-3H3,(H,15,18). The molecule has 0 unspecified atom stereocenters. The van der Waals surface area contributed by atoms with Crippen LogP contribution in [0.3, 0.4) is 0 Å². The Morgan fingerprint density at radius 2 is 2.16 bits per heavy atom. The fourth-order valence-corrected chi connectivity index (χ4v) is 2.53. The quantitative estimate of drug-likeness (QED) is 0.834. The summed E-state index contributed by atoms with van der Waals surface area (Å²) in [6.07, 6.45) is 3.81. The first-order chi connectivity index (χ1) is 8.91. The van der Waals surface area contributed by atoms with E-state index >= 15 is 0 Å². The number of aryl methyl sites for hydroxylation is 2. The molecule has 1 fully saturated rings. The lowest BCUT2D eigenvalue weighted by atomic mass is 9.80. The van der Waals surface area contributed by atoms with Gasteiger partial charge in [-0.1, -0.05) is 0 Å². The van der Waals surface area contributed by atoms with Crippen molar-refractivity contribution in [3.8, 4) is 0 Å². The molecule has 1 aliphatic rings. The van der Waals surface area contributed by atoms with E-state index in [1.165, 1.54) is 0 Å². The molecule has 0 spiro atoms. The molecule has 1 aliphatic carbocycles. The Morgan fingerprint density at radius 1 is 1.47 bits per heavy atom. The molecule has 19 heavy (non-hydrogen) atoms. The minimum absolute atomic E-state index is 0.00276. The van der Waals surface area contributed by atoms with Crippen LogP contribution in [0.1, 0.15) is 42.6 Å². The molecule has 1 saturated carbocycles. The molecule has 1 aromatic rings. The number of rotatable bonds is 5. The van der Waals surface area contributed by atoms with Gasteiger partial charge in [0.05, 0.1) is 11.3 Å². The lowest BCUT2D eigenvalue weighted by Gasteiger charge is -2.36. The van der Waals surface area contributed by atoms with Crippen LogP contribution in [0.5, 0.6) is 0 Å². The Balaban J connectivity index is 1.80. The lowest BCUT2D eigenvalue weighted by Crippen LogP contribution is -2.47. The number of amides is 1. The number of hydrogen-bond donors (Lipinski definition) is 2. The molecule has 2 rings (SSSR count). The molecule has 0 bridgehead atoms. The monoisotopic (exact) mass is 265 g/mol. The van der Waals surface area contributed by atoms with Crippen LogP contribution in [0.15, 0.2) is 0 Å². The summed E-state index contributed by atoms with van der Waals surface area (Å²) >= 11 is 0. The van der Waals surface area contributed by atoms with Gasteiger partial charge in [0.15, 0.2) is 0 Å². The first-order valence-corrected chi connectivity index (χ1v) is 6.89. The maximum Gasteiger partial charge on any atom is 0.220 e. The SMILES string of the molecule is Cc1nn(C)c(C)c1CCC(=O)NCC1(O)CCC1. The van der Waals surface area contributed by atoms with Gasteiger partial charge in [-0.25, -0.2) is 0 Å². The van der Waals surface area contributed by atoms with Crippen molar-refractivity contribution in [2.75, 3.05) is 6.54 Å². The highest BCUT2D eigenvalue weighted by Crippen LogP contribution is 2.30. The smallest absolute Gasteiger partial charge is 0.220 e. The molecule has 5 heteroatoms. The fourth-order valence-electron chi connectivity index (χ4n) is 2.53. The molecular formula is C14H23N3O2. The van der Waals surface area contributed by atoms with Crippen molar-refractivity contribution in [2.24, 2.45) is 7.05 Å². The minimum atomic E-state index is -0.643. The summed E-state index contributed by atoms with van der Waals surface area (Å²) in [5.74, 6) is 0.00276.